The first kappa shape index (κ1) is 21.8. The van der Waals surface area contributed by atoms with E-state index < -0.39 is 0 Å². The van der Waals surface area contributed by atoms with Crippen LogP contribution in [0.3, 0.4) is 0 Å². The van der Waals surface area contributed by atoms with Crippen LogP contribution in [0.4, 0.5) is 0 Å². The fourth-order valence-corrected chi connectivity index (χ4v) is 3.71. The molecule has 1 aliphatic rings. The van der Waals surface area contributed by atoms with Gasteiger partial charge in [-0.2, -0.15) is 0 Å². The number of hydrogen-bond acceptors (Lipinski definition) is 2. The molecular formula is C24H35O2P. The highest BCUT2D eigenvalue weighted by atomic mass is 31.0. The summed E-state index contributed by atoms with van der Waals surface area (Å²) in [6.07, 6.45) is 7.57. The molecule has 0 radical (unpaired) electrons. The Morgan fingerprint density at radius 2 is 1.26 bits per heavy atom. The molecule has 2 aromatic carbocycles. The lowest BCUT2D eigenvalue weighted by Crippen LogP contribution is -2.09. The molecule has 2 aromatic rings. The van der Waals surface area contributed by atoms with Gasteiger partial charge < -0.3 is 9.47 Å². The van der Waals surface area contributed by atoms with Crippen LogP contribution in [0.2, 0.25) is 0 Å². The van der Waals surface area contributed by atoms with Gasteiger partial charge in [0.25, 0.3) is 0 Å². The second-order valence-corrected chi connectivity index (χ2v) is 8.67. The highest BCUT2D eigenvalue weighted by Gasteiger charge is 2.15. The van der Waals surface area contributed by atoms with Gasteiger partial charge in [-0.3, -0.25) is 0 Å². The number of ether oxygens (including phenoxy) is 2. The molecule has 148 valence electrons. The summed E-state index contributed by atoms with van der Waals surface area (Å²) in [5.41, 5.74) is 3.09. The normalized spacial score (nSPS) is 14.6. The van der Waals surface area contributed by atoms with E-state index in [0.29, 0.717) is 0 Å². The van der Waals surface area contributed by atoms with Crippen LogP contribution in [0.5, 0.6) is 11.5 Å². The van der Waals surface area contributed by atoms with Gasteiger partial charge in [-0.25, -0.2) is 0 Å². The smallest absolute Gasteiger partial charge is 0.131 e. The Kier molecular flexibility index (Phi) is 9.15. The van der Waals surface area contributed by atoms with Gasteiger partial charge in [-0.1, -0.05) is 55.7 Å². The van der Waals surface area contributed by atoms with Gasteiger partial charge in [0, 0.05) is 0 Å². The Labute approximate surface area is 167 Å². The van der Waals surface area contributed by atoms with Crippen LogP contribution in [-0.2, 0) is 0 Å². The third-order valence-corrected chi connectivity index (χ3v) is 5.09. The molecule has 27 heavy (non-hydrogen) atoms. The number of hydrogen-bond donors (Lipinski definition) is 0. The molecule has 2 nitrogen and oxygen atoms in total. The van der Waals surface area contributed by atoms with Gasteiger partial charge in [-0.15, -0.1) is 9.24 Å². The first-order valence-corrected chi connectivity index (χ1v) is 10.9. The second kappa shape index (κ2) is 11.3. The molecular weight excluding hydrogens is 351 g/mol. The van der Waals surface area contributed by atoms with Gasteiger partial charge in [0.15, 0.2) is 0 Å². The monoisotopic (exact) mass is 386 g/mol. The second-order valence-electron chi connectivity index (χ2n) is 7.73. The molecule has 0 bridgehead atoms. The summed E-state index contributed by atoms with van der Waals surface area (Å²) in [4.78, 5) is 0. The Morgan fingerprint density at radius 1 is 0.741 bits per heavy atom. The fourth-order valence-electron chi connectivity index (χ4n) is 3.24. The first-order valence-electron chi connectivity index (χ1n) is 10.2. The van der Waals surface area contributed by atoms with E-state index in [1.807, 2.05) is 64.1 Å². The summed E-state index contributed by atoms with van der Waals surface area (Å²) in [5.74, 6) is 1.73. The third kappa shape index (κ3) is 7.54. The average Bonchev–Trinajstić information content (AvgIpc) is 2.63. The molecule has 1 atom stereocenters. The van der Waals surface area contributed by atoms with E-state index >= 15 is 0 Å². The molecule has 0 heterocycles. The topological polar surface area (TPSA) is 18.5 Å². The lowest BCUT2D eigenvalue weighted by molar-refractivity contribution is 0.231. The molecule has 1 fully saturated rings. The quantitative estimate of drug-likeness (QED) is 0.509. The SMILES string of the molecule is CC(C)Oc1cccc(OC(C)C)c1-c1ccccc1.PC1CCCCC1. The Morgan fingerprint density at radius 3 is 1.67 bits per heavy atom. The van der Waals surface area contributed by atoms with Gasteiger partial charge in [0.2, 0.25) is 0 Å². The molecule has 3 rings (SSSR count). The van der Waals surface area contributed by atoms with Crippen LogP contribution in [0.1, 0.15) is 59.8 Å². The van der Waals surface area contributed by atoms with Crippen molar-refractivity contribution in [1.29, 1.82) is 0 Å². The highest BCUT2D eigenvalue weighted by Crippen LogP contribution is 2.39. The minimum absolute atomic E-state index is 0.131. The van der Waals surface area contributed by atoms with E-state index in [1.165, 1.54) is 32.1 Å². The zero-order valence-corrected chi connectivity index (χ0v) is 18.4. The molecule has 1 aliphatic carbocycles. The largest absolute Gasteiger partial charge is 0.490 e. The van der Waals surface area contributed by atoms with Crippen LogP contribution >= 0.6 is 9.24 Å². The van der Waals surface area contributed by atoms with E-state index in [-0.39, 0.29) is 12.2 Å². The molecule has 0 amide bonds. The maximum absolute atomic E-state index is 5.94. The summed E-state index contributed by atoms with van der Waals surface area (Å²) in [7, 11) is 2.91. The molecule has 1 saturated carbocycles. The van der Waals surface area contributed by atoms with Crippen molar-refractivity contribution in [3.63, 3.8) is 0 Å². The van der Waals surface area contributed by atoms with Gasteiger partial charge >= 0.3 is 0 Å². The lowest BCUT2D eigenvalue weighted by atomic mass is 10.0. The van der Waals surface area contributed by atoms with E-state index in [1.54, 1.807) is 0 Å². The average molecular weight is 387 g/mol. The third-order valence-electron chi connectivity index (χ3n) is 4.43. The van der Waals surface area contributed by atoms with Gasteiger partial charge in [0.05, 0.1) is 17.8 Å². The predicted octanol–water partition coefficient (Wildman–Crippen LogP) is 7.12. The molecule has 3 heteroatoms. The van der Waals surface area contributed by atoms with Crippen molar-refractivity contribution in [2.24, 2.45) is 0 Å². The summed E-state index contributed by atoms with van der Waals surface area (Å²) < 4.78 is 11.9. The highest BCUT2D eigenvalue weighted by molar-refractivity contribution is 7.17. The molecule has 0 N–H and O–H groups in total. The first-order chi connectivity index (χ1) is 13.0. The fraction of sp³-hybridized carbons (Fsp3) is 0.500. The summed E-state index contributed by atoms with van der Waals surface area (Å²) >= 11 is 0. The molecule has 0 spiro atoms. The van der Waals surface area contributed by atoms with Crippen molar-refractivity contribution in [3.05, 3.63) is 48.5 Å². The van der Waals surface area contributed by atoms with Gasteiger partial charge in [-0.05, 0) is 63.9 Å². The van der Waals surface area contributed by atoms with Crippen molar-refractivity contribution >= 4 is 9.24 Å². The van der Waals surface area contributed by atoms with Crippen LogP contribution in [0.25, 0.3) is 11.1 Å². The zero-order valence-electron chi connectivity index (χ0n) is 17.3. The Balaban J connectivity index is 0.000000313. The van der Waals surface area contributed by atoms with E-state index in [2.05, 4.69) is 21.4 Å². The maximum Gasteiger partial charge on any atom is 0.131 e. The maximum atomic E-state index is 5.94. The minimum atomic E-state index is 0.131. The van der Waals surface area contributed by atoms with Crippen LogP contribution < -0.4 is 9.47 Å². The summed E-state index contributed by atoms with van der Waals surface area (Å²) in [6, 6.07) is 16.2. The number of benzene rings is 2. The van der Waals surface area contributed by atoms with Crippen molar-refractivity contribution < 1.29 is 9.47 Å². The lowest BCUT2D eigenvalue weighted by Gasteiger charge is -2.19. The van der Waals surface area contributed by atoms with E-state index in [4.69, 9.17) is 9.47 Å². The Hall–Kier alpha value is -1.53. The Bertz CT molecular complexity index is 633. The van der Waals surface area contributed by atoms with E-state index in [0.717, 1.165) is 28.3 Å². The van der Waals surface area contributed by atoms with Gasteiger partial charge in [0.1, 0.15) is 11.5 Å². The molecule has 0 aromatic heterocycles. The van der Waals surface area contributed by atoms with Crippen molar-refractivity contribution in [3.8, 4) is 22.6 Å². The van der Waals surface area contributed by atoms with E-state index in [9.17, 15) is 0 Å². The molecule has 0 saturated heterocycles. The minimum Gasteiger partial charge on any atom is -0.490 e. The van der Waals surface area contributed by atoms with Crippen LogP contribution in [-0.4, -0.2) is 17.9 Å². The zero-order chi connectivity index (χ0) is 19.6. The van der Waals surface area contributed by atoms with Crippen molar-refractivity contribution in [1.82, 2.24) is 0 Å². The van der Waals surface area contributed by atoms with Crippen LogP contribution in [0.15, 0.2) is 48.5 Å². The summed E-state index contributed by atoms with van der Waals surface area (Å²) in [6.45, 7) is 8.13. The number of rotatable bonds is 5. The van der Waals surface area contributed by atoms with Crippen molar-refractivity contribution in [2.45, 2.75) is 77.7 Å². The molecule has 1 unspecified atom stereocenters. The predicted molar refractivity (Wildman–Crippen MR) is 120 cm³/mol. The standard InChI is InChI=1S/C18H22O2.C6H13P/c1-13(2)19-16-11-8-12-17(20-14(3)4)18(16)15-9-6-5-7-10-15;7-6-4-2-1-3-5-6/h5-14H,1-4H3;6H,1-5,7H2. The van der Waals surface area contributed by atoms with Crippen LogP contribution in [0, 0.1) is 0 Å². The van der Waals surface area contributed by atoms with Crippen molar-refractivity contribution in [2.75, 3.05) is 0 Å². The summed E-state index contributed by atoms with van der Waals surface area (Å²) in [5, 5.41) is 0. The molecule has 0 aliphatic heterocycles.